The van der Waals surface area contributed by atoms with Crippen molar-refractivity contribution in [2.24, 2.45) is 0 Å². The van der Waals surface area contributed by atoms with Crippen LogP contribution in [-0.4, -0.2) is 72.3 Å². The van der Waals surface area contributed by atoms with Crippen LogP contribution in [0.1, 0.15) is 27.0 Å². The number of nitrogens with one attached hydrogen (secondary N) is 2. The lowest BCUT2D eigenvalue weighted by molar-refractivity contribution is -0.149. The standard InChI is InChI=1S/C24H29N6O9P/c1-5-24(18(32)17(31)21(38-24)30-12-26-16-19(30)27-23(25)28-20(16)33)11-36-40(35,39-15-9-7-6-8-10-15)29-14(4)22(34)37-13(2)3/h1,6-10,12-14,17-18,21,31-32H,11H2,2-4H3,(H,29,35)(H3,25,27,28,33)/t14-,17?,18?,21+,24+,40-/m0/s1. The molecule has 1 aliphatic heterocycles. The number of carbonyl (C=O) groups is 1. The Labute approximate surface area is 228 Å². The number of nitrogens with two attached hydrogens (primary N) is 1. The van der Waals surface area contributed by atoms with Gasteiger partial charge in [-0.25, -0.2) is 9.55 Å². The third-order valence-electron chi connectivity index (χ3n) is 5.87. The van der Waals surface area contributed by atoms with Gasteiger partial charge in [0.1, 0.15) is 30.6 Å². The summed E-state index contributed by atoms with van der Waals surface area (Å²) in [7, 11) is -4.39. The maximum Gasteiger partial charge on any atom is 0.459 e. The van der Waals surface area contributed by atoms with Gasteiger partial charge in [-0.3, -0.25) is 23.7 Å². The molecule has 0 bridgehead atoms. The summed E-state index contributed by atoms with van der Waals surface area (Å²) in [6, 6.07) is 6.85. The highest BCUT2D eigenvalue weighted by atomic mass is 31.2. The number of ether oxygens (including phenoxy) is 2. The van der Waals surface area contributed by atoms with Gasteiger partial charge in [-0.05, 0) is 32.9 Å². The summed E-state index contributed by atoms with van der Waals surface area (Å²) >= 11 is 0. The number of aliphatic hydroxyl groups excluding tert-OH is 2. The molecule has 6 N–H and O–H groups in total. The number of rotatable bonds is 10. The zero-order valence-corrected chi connectivity index (χ0v) is 22.6. The molecule has 214 valence electrons. The number of nitrogens with zero attached hydrogens (tertiary/aromatic N) is 3. The minimum atomic E-state index is -4.39. The number of hydrogen-bond acceptors (Lipinski definition) is 12. The fourth-order valence-electron chi connectivity index (χ4n) is 3.93. The van der Waals surface area contributed by atoms with E-state index < -0.39 is 62.1 Å². The van der Waals surface area contributed by atoms with Crippen molar-refractivity contribution in [3.63, 3.8) is 0 Å². The number of aromatic amines is 1. The van der Waals surface area contributed by atoms with Crippen LogP contribution < -0.4 is 20.9 Å². The zero-order chi connectivity index (χ0) is 29.2. The van der Waals surface area contributed by atoms with Crippen molar-refractivity contribution >= 4 is 30.8 Å². The predicted octanol–water partition coefficient (Wildman–Crippen LogP) is 0.458. The molecule has 2 unspecified atom stereocenters. The number of aromatic nitrogens is 4. The first-order chi connectivity index (χ1) is 18.9. The summed E-state index contributed by atoms with van der Waals surface area (Å²) in [4.78, 5) is 34.9. The summed E-state index contributed by atoms with van der Waals surface area (Å²) in [6.45, 7) is 3.95. The van der Waals surface area contributed by atoms with Gasteiger partial charge in [0.05, 0.1) is 12.4 Å². The molecular weight excluding hydrogens is 547 g/mol. The minimum absolute atomic E-state index is 0.0384. The number of imidazole rings is 1. The van der Waals surface area contributed by atoms with E-state index in [1.165, 1.54) is 23.6 Å². The van der Waals surface area contributed by atoms with Gasteiger partial charge in [0.15, 0.2) is 23.0 Å². The van der Waals surface area contributed by atoms with Crippen molar-refractivity contribution in [2.45, 2.75) is 57.0 Å². The average molecular weight is 577 g/mol. The van der Waals surface area contributed by atoms with Crippen LogP contribution >= 0.6 is 7.75 Å². The van der Waals surface area contributed by atoms with E-state index in [9.17, 15) is 24.4 Å². The van der Waals surface area contributed by atoms with Crippen LogP contribution in [0.25, 0.3) is 11.2 Å². The van der Waals surface area contributed by atoms with Gasteiger partial charge in [-0.15, -0.1) is 6.42 Å². The lowest BCUT2D eigenvalue weighted by atomic mass is 9.97. The van der Waals surface area contributed by atoms with Gasteiger partial charge in [0.25, 0.3) is 5.56 Å². The number of nitrogen functional groups attached to an aromatic ring is 1. The van der Waals surface area contributed by atoms with Crippen LogP contribution in [0.15, 0.2) is 41.5 Å². The van der Waals surface area contributed by atoms with E-state index in [-0.39, 0.29) is 22.9 Å². The third-order valence-corrected chi connectivity index (χ3v) is 7.49. The number of carbonyl (C=O) groups excluding carboxylic acids is 1. The molecule has 0 amide bonds. The maximum absolute atomic E-state index is 13.8. The Morgan fingerprint density at radius 2 is 2.05 bits per heavy atom. The van der Waals surface area contributed by atoms with Crippen molar-refractivity contribution in [3.05, 3.63) is 47.0 Å². The summed E-state index contributed by atoms with van der Waals surface area (Å²) < 4.78 is 37.2. The average Bonchev–Trinajstić information content (AvgIpc) is 3.42. The smallest absolute Gasteiger partial charge is 0.459 e. The van der Waals surface area contributed by atoms with Gasteiger partial charge in [-0.1, -0.05) is 24.1 Å². The number of terminal acetylenes is 1. The first-order valence-electron chi connectivity index (χ1n) is 12.1. The molecule has 3 heterocycles. The molecule has 1 fully saturated rings. The van der Waals surface area contributed by atoms with E-state index >= 15 is 0 Å². The molecule has 0 saturated carbocycles. The monoisotopic (exact) mass is 576 g/mol. The summed E-state index contributed by atoms with van der Waals surface area (Å²) in [5.74, 6) is 1.47. The molecule has 15 nitrogen and oxygen atoms in total. The van der Waals surface area contributed by atoms with E-state index in [1.807, 2.05) is 0 Å². The summed E-state index contributed by atoms with van der Waals surface area (Å²) in [6.07, 6.45) is 1.62. The molecule has 1 saturated heterocycles. The molecule has 3 aromatic rings. The van der Waals surface area contributed by atoms with Gasteiger partial charge in [0.2, 0.25) is 5.95 Å². The van der Waals surface area contributed by atoms with Crippen LogP contribution in [-0.2, 0) is 23.4 Å². The zero-order valence-electron chi connectivity index (χ0n) is 21.8. The molecule has 6 atom stereocenters. The van der Waals surface area contributed by atoms with Crippen molar-refractivity contribution in [1.29, 1.82) is 0 Å². The highest BCUT2D eigenvalue weighted by Gasteiger charge is 2.56. The number of anilines is 1. The Hall–Kier alpha value is -3.77. The van der Waals surface area contributed by atoms with Gasteiger partial charge in [0, 0.05) is 0 Å². The lowest BCUT2D eigenvalue weighted by Gasteiger charge is -2.29. The molecule has 1 aliphatic rings. The number of aliphatic hydroxyl groups is 2. The Kier molecular flexibility index (Phi) is 8.31. The SMILES string of the molecule is C#C[C@]1(CO[P@@](=O)(N[C@@H](C)C(=O)OC(C)C)Oc2ccccc2)O[C@@H](n2cnc3c(=O)[nH]c(N)nc32)C(O)C1O. The molecule has 0 aliphatic carbocycles. The van der Waals surface area contributed by atoms with Gasteiger partial charge in [-0.2, -0.15) is 10.1 Å². The second-order valence-electron chi connectivity index (χ2n) is 9.26. The minimum Gasteiger partial charge on any atom is -0.462 e. The first-order valence-corrected chi connectivity index (χ1v) is 13.6. The van der Waals surface area contributed by atoms with Gasteiger partial charge >= 0.3 is 13.7 Å². The van der Waals surface area contributed by atoms with Crippen LogP contribution in [0.5, 0.6) is 5.75 Å². The molecule has 0 radical (unpaired) electrons. The summed E-state index contributed by atoms with van der Waals surface area (Å²) in [5, 5.41) is 24.3. The molecule has 16 heteroatoms. The third kappa shape index (κ3) is 5.87. The lowest BCUT2D eigenvalue weighted by Crippen LogP contribution is -2.46. The van der Waals surface area contributed by atoms with E-state index in [0.29, 0.717) is 0 Å². The Morgan fingerprint density at radius 3 is 2.70 bits per heavy atom. The molecular formula is C24H29N6O9P. The second kappa shape index (κ2) is 11.4. The van der Waals surface area contributed by atoms with E-state index in [2.05, 4.69) is 26.0 Å². The molecule has 2 aromatic heterocycles. The quantitative estimate of drug-likeness (QED) is 0.126. The number of benzene rings is 1. The number of hydrogen-bond donors (Lipinski definition) is 5. The highest BCUT2D eigenvalue weighted by Crippen LogP contribution is 2.48. The summed E-state index contributed by atoms with van der Waals surface area (Å²) in [5.41, 5.74) is 2.82. The largest absolute Gasteiger partial charge is 0.462 e. The number of H-pyrrole nitrogens is 1. The van der Waals surface area contributed by atoms with E-state index in [1.54, 1.807) is 32.0 Å². The van der Waals surface area contributed by atoms with Crippen LogP contribution in [0, 0.1) is 12.3 Å². The number of esters is 1. The normalized spacial score (nSPS) is 24.9. The van der Waals surface area contributed by atoms with Crippen LogP contribution in [0.4, 0.5) is 5.95 Å². The molecule has 40 heavy (non-hydrogen) atoms. The van der Waals surface area contributed by atoms with Crippen LogP contribution in [0.2, 0.25) is 0 Å². The van der Waals surface area contributed by atoms with Crippen LogP contribution in [0.3, 0.4) is 0 Å². The van der Waals surface area contributed by atoms with E-state index in [0.717, 1.165) is 6.33 Å². The van der Waals surface area contributed by atoms with Crippen molar-refractivity contribution in [2.75, 3.05) is 12.3 Å². The maximum atomic E-state index is 13.8. The van der Waals surface area contributed by atoms with Crippen molar-refractivity contribution < 1.29 is 38.1 Å². The van der Waals surface area contributed by atoms with Crippen molar-refractivity contribution in [1.82, 2.24) is 24.6 Å². The van der Waals surface area contributed by atoms with E-state index in [4.69, 9.17) is 30.7 Å². The second-order valence-corrected chi connectivity index (χ2v) is 11.0. The molecule has 0 spiro atoms. The number of para-hydroxylation sites is 1. The predicted molar refractivity (Wildman–Crippen MR) is 141 cm³/mol. The number of fused-ring (bicyclic) bond motifs is 1. The van der Waals surface area contributed by atoms with Gasteiger partial charge < -0.3 is 29.9 Å². The molecule has 1 aromatic carbocycles. The Morgan fingerprint density at radius 1 is 1.35 bits per heavy atom. The fraction of sp³-hybridized carbons (Fsp3) is 0.417. The first kappa shape index (κ1) is 29.2. The fourth-order valence-corrected chi connectivity index (χ4v) is 5.45. The molecule has 4 rings (SSSR count). The highest BCUT2D eigenvalue weighted by molar-refractivity contribution is 7.52. The Balaban J connectivity index is 1.61. The van der Waals surface area contributed by atoms with Crippen molar-refractivity contribution in [3.8, 4) is 18.1 Å². The topological polar surface area (TPSA) is 213 Å². The Bertz CT molecular complexity index is 1520.